The second-order valence-corrected chi connectivity index (χ2v) is 6.80. The molecule has 2 amide bonds. The maximum absolute atomic E-state index is 12.2. The molecule has 1 saturated heterocycles. The van der Waals surface area contributed by atoms with Gasteiger partial charge in [-0.05, 0) is 40.0 Å². The molecule has 0 bridgehead atoms. The Hall–Kier alpha value is -1.52. The van der Waals surface area contributed by atoms with Gasteiger partial charge in [0.25, 0.3) is 0 Å². The van der Waals surface area contributed by atoms with Crippen molar-refractivity contribution in [3.05, 3.63) is 12.7 Å². The molecule has 0 aromatic heterocycles. The number of rotatable bonds is 2. The highest BCUT2D eigenvalue weighted by Crippen LogP contribution is 2.27. The predicted molar refractivity (Wildman–Crippen MR) is 78.3 cm³/mol. The maximum atomic E-state index is 12.2. The van der Waals surface area contributed by atoms with Gasteiger partial charge in [-0.15, -0.1) is 6.58 Å². The van der Waals surface area contributed by atoms with Gasteiger partial charge in [0.15, 0.2) is 0 Å². The molecule has 0 aliphatic carbocycles. The van der Waals surface area contributed by atoms with E-state index >= 15 is 0 Å². The zero-order valence-electron chi connectivity index (χ0n) is 13.2. The average molecular weight is 282 g/mol. The quantitative estimate of drug-likeness (QED) is 0.791. The van der Waals surface area contributed by atoms with E-state index in [2.05, 4.69) is 11.9 Å². The molecular formula is C15H26N2O3. The molecule has 2 atom stereocenters. The largest absolute Gasteiger partial charge is 0.444 e. The van der Waals surface area contributed by atoms with Crippen LogP contribution in [0.1, 0.15) is 41.0 Å². The molecule has 1 heterocycles. The number of carbonyl (C=O) groups excluding carboxylic acids is 2. The van der Waals surface area contributed by atoms with E-state index in [9.17, 15) is 9.59 Å². The molecule has 1 aliphatic rings. The van der Waals surface area contributed by atoms with Crippen LogP contribution in [0.15, 0.2) is 12.7 Å². The van der Waals surface area contributed by atoms with Crippen LogP contribution in [0, 0.1) is 5.92 Å². The number of hydrogen-bond donors (Lipinski definition) is 1. The van der Waals surface area contributed by atoms with E-state index in [1.54, 1.807) is 4.90 Å². The van der Waals surface area contributed by atoms with E-state index in [4.69, 9.17) is 4.74 Å². The SMILES string of the molecule is C=C[C@H]1CN(C(=O)OC(C)(C)C)C[C@](C)(NC(C)=O)C1. The van der Waals surface area contributed by atoms with Gasteiger partial charge >= 0.3 is 6.09 Å². The van der Waals surface area contributed by atoms with Crippen molar-refractivity contribution in [3.63, 3.8) is 0 Å². The van der Waals surface area contributed by atoms with Crippen molar-refractivity contribution in [2.24, 2.45) is 5.92 Å². The van der Waals surface area contributed by atoms with Crippen molar-refractivity contribution >= 4 is 12.0 Å². The summed E-state index contributed by atoms with van der Waals surface area (Å²) in [6, 6.07) is 0. The van der Waals surface area contributed by atoms with Gasteiger partial charge in [0.2, 0.25) is 5.91 Å². The Labute approximate surface area is 121 Å². The number of likely N-dealkylation sites (tertiary alicyclic amines) is 1. The van der Waals surface area contributed by atoms with E-state index in [1.165, 1.54) is 6.92 Å². The zero-order valence-corrected chi connectivity index (χ0v) is 13.2. The molecule has 5 heteroatoms. The molecule has 0 spiro atoms. The van der Waals surface area contributed by atoms with Gasteiger partial charge in [-0.1, -0.05) is 6.08 Å². The smallest absolute Gasteiger partial charge is 0.410 e. The summed E-state index contributed by atoms with van der Waals surface area (Å²) in [6.45, 7) is 13.8. The van der Waals surface area contributed by atoms with Crippen molar-refractivity contribution in [1.82, 2.24) is 10.2 Å². The molecule has 20 heavy (non-hydrogen) atoms. The minimum atomic E-state index is -0.525. The van der Waals surface area contributed by atoms with Gasteiger partial charge in [-0.2, -0.15) is 0 Å². The molecular weight excluding hydrogens is 256 g/mol. The fourth-order valence-electron chi connectivity index (χ4n) is 2.62. The standard InChI is InChI=1S/C15H26N2O3/c1-7-12-8-15(6,16-11(2)18)10-17(9-12)13(19)20-14(3,4)5/h7,12H,1,8-10H2,2-6H3,(H,16,18)/t12-,15-/m1/s1. The Morgan fingerprint density at radius 1 is 1.45 bits per heavy atom. The normalized spacial score (nSPS) is 26.9. The van der Waals surface area contributed by atoms with Gasteiger partial charge < -0.3 is 15.0 Å². The monoisotopic (exact) mass is 282 g/mol. The van der Waals surface area contributed by atoms with Gasteiger partial charge in [0, 0.05) is 20.0 Å². The third kappa shape index (κ3) is 4.87. The Morgan fingerprint density at radius 3 is 2.50 bits per heavy atom. The second-order valence-electron chi connectivity index (χ2n) is 6.80. The summed E-state index contributed by atoms with van der Waals surface area (Å²) in [5, 5.41) is 2.93. The van der Waals surface area contributed by atoms with Crippen molar-refractivity contribution < 1.29 is 14.3 Å². The van der Waals surface area contributed by atoms with Gasteiger partial charge in [0.05, 0.1) is 5.54 Å². The molecule has 1 fully saturated rings. The molecule has 0 radical (unpaired) electrons. The Morgan fingerprint density at radius 2 is 2.05 bits per heavy atom. The summed E-state index contributed by atoms with van der Waals surface area (Å²) in [7, 11) is 0. The molecule has 1 aliphatic heterocycles. The summed E-state index contributed by atoms with van der Waals surface area (Å²) in [5.41, 5.74) is -0.970. The topological polar surface area (TPSA) is 58.6 Å². The first-order valence-electron chi connectivity index (χ1n) is 6.94. The van der Waals surface area contributed by atoms with E-state index < -0.39 is 11.1 Å². The van der Waals surface area contributed by atoms with Crippen LogP contribution in [-0.4, -0.2) is 41.1 Å². The van der Waals surface area contributed by atoms with Crippen LogP contribution < -0.4 is 5.32 Å². The predicted octanol–water partition coefficient (Wildman–Crippen LogP) is 2.32. The maximum Gasteiger partial charge on any atom is 0.410 e. The van der Waals surface area contributed by atoms with Gasteiger partial charge in [0.1, 0.15) is 5.60 Å². The highest BCUT2D eigenvalue weighted by atomic mass is 16.6. The molecule has 0 aromatic rings. The fraction of sp³-hybridized carbons (Fsp3) is 0.733. The van der Waals surface area contributed by atoms with Crippen LogP contribution in [0.5, 0.6) is 0 Å². The van der Waals surface area contributed by atoms with Gasteiger partial charge in [-0.3, -0.25) is 4.79 Å². The first kappa shape index (κ1) is 16.5. The van der Waals surface area contributed by atoms with Crippen LogP contribution >= 0.6 is 0 Å². The lowest BCUT2D eigenvalue weighted by Crippen LogP contribution is -2.60. The molecule has 114 valence electrons. The zero-order chi connectivity index (χ0) is 15.6. The van der Waals surface area contributed by atoms with Crippen molar-refractivity contribution in [2.45, 2.75) is 52.2 Å². The van der Waals surface area contributed by atoms with Crippen molar-refractivity contribution in [3.8, 4) is 0 Å². The highest BCUT2D eigenvalue weighted by molar-refractivity contribution is 5.74. The summed E-state index contributed by atoms with van der Waals surface area (Å²) in [5.74, 6) is 0.0504. The fourth-order valence-corrected chi connectivity index (χ4v) is 2.62. The number of nitrogens with zero attached hydrogens (tertiary/aromatic N) is 1. The van der Waals surface area contributed by atoms with Crippen molar-refractivity contribution in [1.29, 1.82) is 0 Å². The number of hydrogen-bond acceptors (Lipinski definition) is 3. The first-order chi connectivity index (χ1) is 9.04. The van der Waals surface area contributed by atoms with E-state index in [0.717, 1.165) is 6.42 Å². The number of nitrogens with one attached hydrogen (secondary N) is 1. The van der Waals surface area contributed by atoms with Crippen LogP contribution in [0.25, 0.3) is 0 Å². The van der Waals surface area contributed by atoms with Crippen LogP contribution in [0.2, 0.25) is 0 Å². The average Bonchev–Trinajstić information content (AvgIpc) is 2.23. The number of ether oxygens (including phenoxy) is 1. The number of amides is 2. The lowest BCUT2D eigenvalue weighted by Gasteiger charge is -2.44. The van der Waals surface area contributed by atoms with Crippen LogP contribution in [0.4, 0.5) is 4.79 Å². The Balaban J connectivity index is 2.83. The molecule has 1 N–H and O–H groups in total. The minimum Gasteiger partial charge on any atom is -0.444 e. The number of piperidine rings is 1. The van der Waals surface area contributed by atoms with E-state index in [0.29, 0.717) is 13.1 Å². The first-order valence-corrected chi connectivity index (χ1v) is 6.94. The van der Waals surface area contributed by atoms with Crippen LogP contribution in [-0.2, 0) is 9.53 Å². The second kappa shape index (κ2) is 5.85. The third-order valence-corrected chi connectivity index (χ3v) is 3.17. The lowest BCUT2D eigenvalue weighted by molar-refractivity contribution is -0.121. The Bertz CT molecular complexity index is 400. The minimum absolute atomic E-state index is 0.0960. The molecule has 0 aromatic carbocycles. The summed E-state index contributed by atoms with van der Waals surface area (Å²) in [4.78, 5) is 25.2. The van der Waals surface area contributed by atoms with Gasteiger partial charge in [-0.25, -0.2) is 4.79 Å². The molecule has 5 nitrogen and oxygen atoms in total. The van der Waals surface area contributed by atoms with Crippen molar-refractivity contribution in [2.75, 3.05) is 13.1 Å². The number of carbonyl (C=O) groups is 2. The highest BCUT2D eigenvalue weighted by Gasteiger charge is 2.39. The third-order valence-electron chi connectivity index (χ3n) is 3.17. The lowest BCUT2D eigenvalue weighted by atomic mass is 9.84. The molecule has 0 saturated carbocycles. The Kier molecular flexibility index (Phi) is 4.84. The summed E-state index contributed by atoms with van der Waals surface area (Å²) < 4.78 is 5.41. The molecule has 1 rings (SSSR count). The van der Waals surface area contributed by atoms with Crippen LogP contribution in [0.3, 0.4) is 0 Å². The van der Waals surface area contributed by atoms with E-state index in [1.807, 2.05) is 33.8 Å². The van der Waals surface area contributed by atoms with E-state index in [-0.39, 0.29) is 17.9 Å². The summed E-state index contributed by atoms with van der Waals surface area (Å²) in [6.07, 6.45) is 2.26. The summed E-state index contributed by atoms with van der Waals surface area (Å²) >= 11 is 0. The molecule has 0 unspecified atom stereocenters.